The highest BCUT2D eigenvalue weighted by Crippen LogP contribution is 2.17. The number of aryl methyl sites for hydroxylation is 1. The molecule has 0 fully saturated rings. The first-order chi connectivity index (χ1) is 8.16. The van der Waals surface area contributed by atoms with Gasteiger partial charge in [-0.2, -0.15) is 0 Å². The Labute approximate surface area is 97.9 Å². The fraction of sp³-hybridized carbons (Fsp3) is 0.0833. The number of aromatic nitrogens is 3. The second kappa shape index (κ2) is 4.61. The molecular formula is C12H11N3O2. The van der Waals surface area contributed by atoms with Gasteiger partial charge in [0.05, 0.1) is 5.69 Å². The molecule has 2 N–H and O–H groups in total. The number of imidazole rings is 1. The van der Waals surface area contributed by atoms with Crippen molar-refractivity contribution < 1.29 is 9.90 Å². The van der Waals surface area contributed by atoms with Crippen molar-refractivity contribution in [3.8, 4) is 11.4 Å². The number of hydrogen-bond donors (Lipinski definition) is 2. The van der Waals surface area contributed by atoms with Gasteiger partial charge in [-0.1, -0.05) is 0 Å². The molecule has 2 aromatic heterocycles. The van der Waals surface area contributed by atoms with E-state index in [0.717, 1.165) is 17.3 Å². The molecule has 0 aliphatic heterocycles. The summed E-state index contributed by atoms with van der Waals surface area (Å²) >= 11 is 0. The van der Waals surface area contributed by atoms with Crippen LogP contribution >= 0.6 is 0 Å². The lowest BCUT2D eigenvalue weighted by Gasteiger charge is -1.92. The second-order valence-corrected chi connectivity index (χ2v) is 3.51. The number of aliphatic carboxylic acids is 1. The molecule has 0 aliphatic rings. The van der Waals surface area contributed by atoms with E-state index >= 15 is 0 Å². The fourth-order valence-corrected chi connectivity index (χ4v) is 1.43. The molecule has 0 spiro atoms. The van der Waals surface area contributed by atoms with Gasteiger partial charge in [-0.15, -0.1) is 0 Å². The Balaban J connectivity index is 2.34. The molecule has 0 saturated carbocycles. The molecule has 5 nitrogen and oxygen atoms in total. The molecule has 0 saturated heterocycles. The molecule has 86 valence electrons. The lowest BCUT2D eigenvalue weighted by atomic mass is 10.3. The van der Waals surface area contributed by atoms with Gasteiger partial charge < -0.3 is 10.1 Å². The number of aromatic amines is 1. The van der Waals surface area contributed by atoms with E-state index in [1.54, 1.807) is 12.4 Å². The van der Waals surface area contributed by atoms with E-state index in [4.69, 9.17) is 5.11 Å². The smallest absolute Gasteiger partial charge is 0.328 e. The summed E-state index contributed by atoms with van der Waals surface area (Å²) in [4.78, 5) is 21.8. The summed E-state index contributed by atoms with van der Waals surface area (Å²) in [7, 11) is 0. The van der Waals surface area contributed by atoms with Crippen molar-refractivity contribution in [3.63, 3.8) is 0 Å². The Kier molecular flexibility index (Phi) is 3.00. The lowest BCUT2D eigenvalue weighted by Crippen LogP contribution is -1.86. The fourth-order valence-electron chi connectivity index (χ4n) is 1.43. The van der Waals surface area contributed by atoms with Gasteiger partial charge in [0.1, 0.15) is 5.82 Å². The maximum atomic E-state index is 10.4. The Morgan fingerprint density at radius 1 is 1.53 bits per heavy atom. The molecule has 2 aromatic rings. The summed E-state index contributed by atoms with van der Waals surface area (Å²) in [6.07, 6.45) is 5.91. The molecule has 0 radical (unpaired) electrons. The molecule has 17 heavy (non-hydrogen) atoms. The van der Waals surface area contributed by atoms with E-state index in [0.29, 0.717) is 11.5 Å². The van der Waals surface area contributed by atoms with Gasteiger partial charge in [0.2, 0.25) is 0 Å². The van der Waals surface area contributed by atoms with Gasteiger partial charge >= 0.3 is 5.97 Å². The van der Waals surface area contributed by atoms with Crippen LogP contribution in [0.2, 0.25) is 0 Å². The third-order valence-corrected chi connectivity index (χ3v) is 2.24. The SMILES string of the molecule is Cc1[nH]c(-c2cccnc2)nc1/C=C/C(=O)O. The van der Waals surface area contributed by atoms with Crippen LogP contribution in [0.5, 0.6) is 0 Å². The van der Waals surface area contributed by atoms with Crippen LogP contribution in [0.4, 0.5) is 0 Å². The van der Waals surface area contributed by atoms with Crippen molar-refractivity contribution in [3.05, 3.63) is 42.0 Å². The topological polar surface area (TPSA) is 78.9 Å². The minimum atomic E-state index is -0.990. The van der Waals surface area contributed by atoms with Crippen LogP contribution in [-0.4, -0.2) is 26.0 Å². The molecule has 0 unspecified atom stereocenters. The van der Waals surface area contributed by atoms with E-state index in [-0.39, 0.29) is 0 Å². The van der Waals surface area contributed by atoms with Crippen molar-refractivity contribution in [2.75, 3.05) is 0 Å². The molecular weight excluding hydrogens is 218 g/mol. The molecule has 2 heterocycles. The number of carbonyl (C=O) groups is 1. The van der Waals surface area contributed by atoms with E-state index in [2.05, 4.69) is 15.0 Å². The zero-order valence-electron chi connectivity index (χ0n) is 9.21. The number of pyridine rings is 1. The summed E-state index contributed by atoms with van der Waals surface area (Å²) in [6, 6.07) is 3.70. The third kappa shape index (κ3) is 2.57. The maximum Gasteiger partial charge on any atom is 0.328 e. The van der Waals surface area contributed by atoms with Crippen molar-refractivity contribution in [1.29, 1.82) is 0 Å². The maximum absolute atomic E-state index is 10.4. The number of carboxylic acid groups (broad SMARTS) is 1. The summed E-state index contributed by atoms with van der Waals surface area (Å²) in [6.45, 7) is 1.84. The highest BCUT2D eigenvalue weighted by Gasteiger charge is 2.06. The zero-order valence-corrected chi connectivity index (χ0v) is 9.21. The Morgan fingerprint density at radius 3 is 3.00 bits per heavy atom. The molecule has 0 aliphatic carbocycles. The van der Waals surface area contributed by atoms with Crippen LogP contribution in [0.1, 0.15) is 11.4 Å². The highest BCUT2D eigenvalue weighted by molar-refractivity contribution is 5.85. The predicted octanol–water partition coefficient (Wildman–Crippen LogP) is 1.88. The van der Waals surface area contributed by atoms with Crippen LogP contribution in [-0.2, 0) is 4.79 Å². The largest absolute Gasteiger partial charge is 0.478 e. The van der Waals surface area contributed by atoms with E-state index in [1.807, 2.05) is 19.1 Å². The Hall–Kier alpha value is -2.43. The molecule has 0 atom stereocenters. The lowest BCUT2D eigenvalue weighted by molar-refractivity contribution is -0.131. The van der Waals surface area contributed by atoms with E-state index < -0.39 is 5.97 Å². The van der Waals surface area contributed by atoms with E-state index in [9.17, 15) is 4.79 Å². The summed E-state index contributed by atoms with van der Waals surface area (Å²) in [5, 5.41) is 8.55. The van der Waals surface area contributed by atoms with Gasteiger partial charge in [0, 0.05) is 29.7 Å². The number of nitrogens with one attached hydrogen (secondary N) is 1. The minimum absolute atomic E-state index is 0.617. The van der Waals surface area contributed by atoms with Crippen LogP contribution in [0.15, 0.2) is 30.6 Å². The number of rotatable bonds is 3. The average Bonchev–Trinajstić information content (AvgIpc) is 2.69. The number of H-pyrrole nitrogens is 1. The Morgan fingerprint density at radius 2 is 2.35 bits per heavy atom. The van der Waals surface area contributed by atoms with Crippen LogP contribution in [0.3, 0.4) is 0 Å². The molecule has 0 aromatic carbocycles. The summed E-state index contributed by atoms with van der Waals surface area (Å²) in [5.74, 6) is -0.309. The predicted molar refractivity (Wildman–Crippen MR) is 63.2 cm³/mol. The number of hydrogen-bond acceptors (Lipinski definition) is 3. The highest BCUT2D eigenvalue weighted by atomic mass is 16.4. The molecule has 2 rings (SSSR count). The number of carboxylic acids is 1. The van der Waals surface area contributed by atoms with Crippen LogP contribution < -0.4 is 0 Å². The van der Waals surface area contributed by atoms with Crippen molar-refractivity contribution >= 4 is 12.0 Å². The summed E-state index contributed by atoms with van der Waals surface area (Å²) < 4.78 is 0. The number of nitrogens with zero attached hydrogens (tertiary/aromatic N) is 2. The first-order valence-corrected chi connectivity index (χ1v) is 5.05. The monoisotopic (exact) mass is 229 g/mol. The van der Waals surface area contributed by atoms with Gasteiger partial charge in [0.15, 0.2) is 0 Å². The normalized spacial score (nSPS) is 10.9. The van der Waals surface area contributed by atoms with Crippen LogP contribution in [0.25, 0.3) is 17.5 Å². The third-order valence-electron chi connectivity index (χ3n) is 2.24. The van der Waals surface area contributed by atoms with E-state index in [1.165, 1.54) is 6.08 Å². The first-order valence-electron chi connectivity index (χ1n) is 5.05. The Bertz CT molecular complexity index is 558. The van der Waals surface area contributed by atoms with Gasteiger partial charge in [-0.05, 0) is 25.1 Å². The second-order valence-electron chi connectivity index (χ2n) is 3.51. The van der Waals surface area contributed by atoms with Crippen LogP contribution in [0, 0.1) is 6.92 Å². The van der Waals surface area contributed by atoms with Gasteiger partial charge in [-0.3, -0.25) is 4.98 Å². The van der Waals surface area contributed by atoms with Gasteiger partial charge in [-0.25, -0.2) is 9.78 Å². The quantitative estimate of drug-likeness (QED) is 0.787. The minimum Gasteiger partial charge on any atom is -0.478 e. The zero-order chi connectivity index (χ0) is 12.3. The van der Waals surface area contributed by atoms with Crippen molar-refractivity contribution in [2.45, 2.75) is 6.92 Å². The molecule has 0 bridgehead atoms. The van der Waals surface area contributed by atoms with Gasteiger partial charge in [0.25, 0.3) is 0 Å². The van der Waals surface area contributed by atoms with Crippen molar-refractivity contribution in [2.24, 2.45) is 0 Å². The molecule has 0 amide bonds. The molecule has 5 heteroatoms. The van der Waals surface area contributed by atoms with Crippen molar-refractivity contribution in [1.82, 2.24) is 15.0 Å². The average molecular weight is 229 g/mol. The first kappa shape index (κ1) is 11.1. The standard InChI is InChI=1S/C12H11N3O2/c1-8-10(4-5-11(16)17)15-12(14-8)9-3-2-6-13-7-9/h2-7H,1H3,(H,14,15)(H,16,17)/b5-4+. The summed E-state index contributed by atoms with van der Waals surface area (Å²) in [5.41, 5.74) is 2.30.